The summed E-state index contributed by atoms with van der Waals surface area (Å²) in [7, 11) is 1.78. The Labute approximate surface area is 153 Å². The monoisotopic (exact) mass is 354 g/mol. The number of ether oxygens (including phenoxy) is 2. The summed E-state index contributed by atoms with van der Waals surface area (Å²) in [4.78, 5) is 14.1. The highest BCUT2D eigenvalue weighted by Gasteiger charge is 2.39. The van der Waals surface area contributed by atoms with E-state index in [1.54, 1.807) is 7.11 Å². The number of piperidine rings is 1. The third kappa shape index (κ3) is 6.45. The fourth-order valence-corrected chi connectivity index (χ4v) is 3.83. The molecule has 25 heavy (non-hydrogen) atoms. The number of hydrogen-bond acceptors (Lipinski definition) is 4. The first-order valence-electron chi connectivity index (χ1n) is 9.99. The van der Waals surface area contributed by atoms with Gasteiger partial charge in [0.2, 0.25) is 0 Å². The fourth-order valence-electron chi connectivity index (χ4n) is 3.83. The molecule has 5 nitrogen and oxygen atoms in total. The zero-order valence-electron chi connectivity index (χ0n) is 16.9. The van der Waals surface area contributed by atoms with Crippen LogP contribution in [0.3, 0.4) is 0 Å². The SMILES string of the molecule is CCCC(NCC1(COC)CCN(C(=O)OC(C)(C)C)CC1)C1CC1. The first kappa shape index (κ1) is 20.5. The number of nitrogens with one attached hydrogen (secondary N) is 1. The van der Waals surface area contributed by atoms with Gasteiger partial charge in [0, 0.05) is 38.2 Å². The number of nitrogens with zero attached hydrogens (tertiary/aromatic N) is 1. The molecule has 1 aliphatic carbocycles. The van der Waals surface area contributed by atoms with Crippen LogP contribution in [-0.4, -0.2) is 56.0 Å². The Bertz CT molecular complexity index is 421. The number of likely N-dealkylation sites (tertiary alicyclic amines) is 1. The van der Waals surface area contributed by atoms with Crippen molar-refractivity contribution < 1.29 is 14.3 Å². The Morgan fingerprint density at radius 3 is 2.40 bits per heavy atom. The third-order valence-corrected chi connectivity index (χ3v) is 5.46. The van der Waals surface area contributed by atoms with Gasteiger partial charge in [-0.3, -0.25) is 0 Å². The molecule has 1 heterocycles. The van der Waals surface area contributed by atoms with Crippen molar-refractivity contribution in [2.45, 2.75) is 77.9 Å². The van der Waals surface area contributed by atoms with Gasteiger partial charge in [0.25, 0.3) is 0 Å². The Hall–Kier alpha value is -0.810. The summed E-state index contributed by atoms with van der Waals surface area (Å²) in [6.45, 7) is 11.3. The lowest BCUT2D eigenvalue weighted by Gasteiger charge is -2.42. The van der Waals surface area contributed by atoms with Crippen molar-refractivity contribution in [1.29, 1.82) is 0 Å². The van der Waals surface area contributed by atoms with Gasteiger partial charge in [-0.2, -0.15) is 0 Å². The predicted molar refractivity (Wildman–Crippen MR) is 101 cm³/mol. The molecule has 0 aromatic heterocycles. The molecular weight excluding hydrogens is 316 g/mol. The molecular formula is C20H38N2O3. The highest BCUT2D eigenvalue weighted by molar-refractivity contribution is 5.68. The van der Waals surface area contributed by atoms with Crippen LogP contribution in [0.15, 0.2) is 0 Å². The average Bonchev–Trinajstić information content (AvgIpc) is 3.35. The zero-order chi connectivity index (χ0) is 18.5. The molecule has 0 aromatic rings. The van der Waals surface area contributed by atoms with E-state index >= 15 is 0 Å². The molecule has 1 atom stereocenters. The smallest absolute Gasteiger partial charge is 0.410 e. The molecule has 2 aliphatic rings. The van der Waals surface area contributed by atoms with Crippen molar-refractivity contribution in [3.05, 3.63) is 0 Å². The molecule has 0 radical (unpaired) electrons. The van der Waals surface area contributed by atoms with Gasteiger partial charge in [-0.15, -0.1) is 0 Å². The van der Waals surface area contributed by atoms with Crippen molar-refractivity contribution in [3.8, 4) is 0 Å². The van der Waals surface area contributed by atoms with Gasteiger partial charge in [-0.25, -0.2) is 4.79 Å². The van der Waals surface area contributed by atoms with Gasteiger partial charge in [-0.05, 0) is 58.8 Å². The van der Waals surface area contributed by atoms with Gasteiger partial charge in [-0.1, -0.05) is 13.3 Å². The summed E-state index contributed by atoms with van der Waals surface area (Å²) in [5.74, 6) is 0.876. The van der Waals surface area contributed by atoms with Crippen LogP contribution in [0.2, 0.25) is 0 Å². The first-order valence-corrected chi connectivity index (χ1v) is 9.99. The van der Waals surface area contributed by atoms with Crippen LogP contribution in [0.1, 0.15) is 66.2 Å². The van der Waals surface area contributed by atoms with Crippen molar-refractivity contribution in [2.75, 3.05) is 33.4 Å². The summed E-state index contributed by atoms with van der Waals surface area (Å²) in [5, 5.41) is 3.85. The predicted octanol–water partition coefficient (Wildman–Crippen LogP) is 3.82. The minimum Gasteiger partial charge on any atom is -0.444 e. The lowest BCUT2D eigenvalue weighted by molar-refractivity contribution is -0.00755. The summed E-state index contributed by atoms with van der Waals surface area (Å²) in [6, 6.07) is 0.655. The van der Waals surface area contributed by atoms with Gasteiger partial charge < -0.3 is 19.7 Å². The molecule has 1 amide bonds. The first-order chi connectivity index (χ1) is 11.8. The van der Waals surface area contributed by atoms with E-state index in [9.17, 15) is 4.79 Å². The summed E-state index contributed by atoms with van der Waals surface area (Å²) in [6.07, 6.45) is 7.00. The van der Waals surface area contributed by atoms with Crippen LogP contribution in [-0.2, 0) is 9.47 Å². The molecule has 2 rings (SSSR count). The molecule has 146 valence electrons. The molecule has 1 aliphatic heterocycles. The van der Waals surface area contributed by atoms with E-state index in [-0.39, 0.29) is 11.5 Å². The average molecular weight is 355 g/mol. The maximum atomic E-state index is 12.3. The van der Waals surface area contributed by atoms with Crippen molar-refractivity contribution in [2.24, 2.45) is 11.3 Å². The molecule has 0 spiro atoms. The lowest BCUT2D eigenvalue weighted by atomic mass is 9.78. The zero-order valence-corrected chi connectivity index (χ0v) is 16.9. The van der Waals surface area contributed by atoms with E-state index < -0.39 is 5.60 Å². The topological polar surface area (TPSA) is 50.8 Å². The highest BCUT2D eigenvalue weighted by atomic mass is 16.6. The summed E-state index contributed by atoms with van der Waals surface area (Å²) >= 11 is 0. The second kappa shape index (κ2) is 8.72. The number of hydrogen-bond donors (Lipinski definition) is 1. The standard InChI is InChI=1S/C20H38N2O3/c1-6-7-17(16-8-9-16)21-14-20(15-24-5)10-12-22(13-11-20)18(23)25-19(2,3)4/h16-17,21H,6-15H2,1-5H3. The largest absolute Gasteiger partial charge is 0.444 e. The molecule has 0 aromatic carbocycles. The Balaban J connectivity index is 1.87. The van der Waals surface area contributed by atoms with Crippen LogP contribution in [0.4, 0.5) is 4.79 Å². The number of amides is 1. The third-order valence-electron chi connectivity index (χ3n) is 5.46. The molecule has 2 fully saturated rings. The summed E-state index contributed by atoms with van der Waals surface area (Å²) in [5.41, 5.74) is -0.300. The molecule has 1 saturated carbocycles. The van der Waals surface area contributed by atoms with E-state index in [0.29, 0.717) is 6.04 Å². The fraction of sp³-hybridized carbons (Fsp3) is 0.950. The van der Waals surface area contributed by atoms with E-state index in [1.807, 2.05) is 25.7 Å². The lowest BCUT2D eigenvalue weighted by Crippen LogP contribution is -2.51. The molecule has 0 bridgehead atoms. The normalized spacial score (nSPS) is 21.9. The minimum absolute atomic E-state index is 0.133. The number of methoxy groups -OCH3 is 1. The molecule has 5 heteroatoms. The molecule has 1 saturated heterocycles. The maximum absolute atomic E-state index is 12.3. The van der Waals surface area contributed by atoms with Gasteiger partial charge in [0.05, 0.1) is 6.61 Å². The molecule has 1 N–H and O–H groups in total. The maximum Gasteiger partial charge on any atom is 0.410 e. The van der Waals surface area contributed by atoms with Crippen LogP contribution in [0, 0.1) is 11.3 Å². The van der Waals surface area contributed by atoms with Crippen LogP contribution < -0.4 is 5.32 Å². The quantitative estimate of drug-likeness (QED) is 0.720. The van der Waals surface area contributed by atoms with Gasteiger partial charge in [0.1, 0.15) is 5.60 Å². The Morgan fingerprint density at radius 1 is 1.28 bits per heavy atom. The van der Waals surface area contributed by atoms with Crippen LogP contribution >= 0.6 is 0 Å². The number of carbonyl (C=O) groups is 1. The van der Waals surface area contributed by atoms with E-state index in [2.05, 4.69) is 12.2 Å². The number of rotatable bonds is 8. The van der Waals surface area contributed by atoms with Gasteiger partial charge in [0.15, 0.2) is 0 Å². The van der Waals surface area contributed by atoms with E-state index in [1.165, 1.54) is 25.7 Å². The highest BCUT2D eigenvalue weighted by Crippen LogP contribution is 2.36. The van der Waals surface area contributed by atoms with Crippen LogP contribution in [0.25, 0.3) is 0 Å². The number of carbonyl (C=O) groups excluding carboxylic acids is 1. The van der Waals surface area contributed by atoms with E-state index in [4.69, 9.17) is 9.47 Å². The van der Waals surface area contributed by atoms with Gasteiger partial charge >= 0.3 is 6.09 Å². The van der Waals surface area contributed by atoms with Crippen LogP contribution in [0.5, 0.6) is 0 Å². The minimum atomic E-state index is -0.433. The van der Waals surface area contributed by atoms with Crippen molar-refractivity contribution >= 4 is 6.09 Å². The Morgan fingerprint density at radius 2 is 1.92 bits per heavy atom. The van der Waals surface area contributed by atoms with E-state index in [0.717, 1.165) is 45.0 Å². The second-order valence-electron chi connectivity index (χ2n) is 9.01. The van der Waals surface area contributed by atoms with Crippen molar-refractivity contribution in [1.82, 2.24) is 10.2 Å². The Kier molecular flexibility index (Phi) is 7.15. The van der Waals surface area contributed by atoms with Crippen molar-refractivity contribution in [3.63, 3.8) is 0 Å². The summed E-state index contributed by atoms with van der Waals surface area (Å²) < 4.78 is 11.1. The second-order valence-corrected chi connectivity index (χ2v) is 9.01. The molecule has 1 unspecified atom stereocenters.